The molecule has 1 saturated heterocycles. The van der Waals surface area contributed by atoms with Crippen LogP contribution in [-0.4, -0.2) is 17.5 Å². The topological polar surface area (TPSA) is 52.3 Å². The van der Waals surface area contributed by atoms with Gasteiger partial charge in [-0.1, -0.05) is 17.3 Å². The Balaban J connectivity index is 1.38. The number of aromatic nitrogens is 1. The highest BCUT2D eigenvalue weighted by Crippen LogP contribution is 2.40. The maximum atomic E-state index is 13.1. The second-order valence-electron chi connectivity index (χ2n) is 6.82. The molecule has 1 aliphatic carbocycles. The molecule has 2 fully saturated rings. The number of nitrogens with zero attached hydrogens (tertiary/aromatic N) is 1. The van der Waals surface area contributed by atoms with Crippen molar-refractivity contribution in [2.75, 3.05) is 6.61 Å². The van der Waals surface area contributed by atoms with Crippen molar-refractivity contribution in [3.63, 3.8) is 0 Å². The third-order valence-electron chi connectivity index (χ3n) is 4.90. The summed E-state index contributed by atoms with van der Waals surface area (Å²) in [7, 11) is 0. The van der Waals surface area contributed by atoms with Crippen molar-refractivity contribution in [3.8, 4) is 0 Å². The molecule has 2 heterocycles. The van der Waals surface area contributed by atoms with Crippen LogP contribution in [0.25, 0.3) is 0 Å². The lowest BCUT2D eigenvalue weighted by atomic mass is 9.87. The molecule has 5 heteroatoms. The Labute approximate surface area is 140 Å². The van der Waals surface area contributed by atoms with Crippen LogP contribution in [0, 0.1) is 11.7 Å². The molecule has 0 N–H and O–H groups in total. The molecule has 2 atom stereocenters. The third-order valence-corrected chi connectivity index (χ3v) is 4.90. The van der Waals surface area contributed by atoms with Gasteiger partial charge in [-0.3, -0.25) is 4.79 Å². The summed E-state index contributed by atoms with van der Waals surface area (Å²) in [4.78, 5) is 12.4. The van der Waals surface area contributed by atoms with Gasteiger partial charge in [0.15, 0.2) is 5.78 Å². The van der Waals surface area contributed by atoms with Gasteiger partial charge in [-0.05, 0) is 49.3 Å². The van der Waals surface area contributed by atoms with Crippen LogP contribution in [0.3, 0.4) is 0 Å². The molecule has 4 nitrogen and oxygen atoms in total. The highest BCUT2D eigenvalue weighted by molar-refractivity contribution is 5.94. The van der Waals surface area contributed by atoms with Gasteiger partial charge in [0.05, 0.1) is 6.10 Å². The van der Waals surface area contributed by atoms with Crippen LogP contribution in [0.1, 0.15) is 65.9 Å². The zero-order chi connectivity index (χ0) is 16.5. The van der Waals surface area contributed by atoms with E-state index in [0.29, 0.717) is 24.6 Å². The van der Waals surface area contributed by atoms with Gasteiger partial charge in [-0.15, -0.1) is 0 Å². The van der Waals surface area contributed by atoms with E-state index in [9.17, 15) is 9.18 Å². The molecule has 1 aliphatic heterocycles. The second kappa shape index (κ2) is 6.48. The number of benzene rings is 1. The Morgan fingerprint density at radius 1 is 1.21 bits per heavy atom. The molecule has 1 aromatic carbocycles. The largest absolute Gasteiger partial charge is 0.374 e. The van der Waals surface area contributed by atoms with Gasteiger partial charge in [0.1, 0.15) is 17.3 Å². The summed E-state index contributed by atoms with van der Waals surface area (Å²) >= 11 is 0. The van der Waals surface area contributed by atoms with Crippen LogP contribution in [-0.2, 0) is 4.74 Å². The Morgan fingerprint density at radius 2 is 2.00 bits per heavy atom. The highest BCUT2D eigenvalue weighted by atomic mass is 19.1. The third kappa shape index (κ3) is 3.41. The zero-order valence-corrected chi connectivity index (χ0v) is 13.4. The highest BCUT2D eigenvalue weighted by Gasteiger charge is 2.30. The molecule has 2 aliphatic rings. The molecule has 126 valence electrons. The number of Topliss-reactive ketones (excluding diaryl/α,β-unsaturated/α-hetero) is 1. The molecular weight excluding hydrogens is 309 g/mol. The quantitative estimate of drug-likeness (QED) is 0.761. The Hall–Kier alpha value is -2.01. The first-order valence-electron chi connectivity index (χ1n) is 8.56. The van der Waals surface area contributed by atoms with E-state index in [-0.39, 0.29) is 23.6 Å². The fourth-order valence-electron chi connectivity index (χ4n) is 3.31. The van der Waals surface area contributed by atoms with Gasteiger partial charge in [0, 0.05) is 25.0 Å². The standard InChI is InChI=1S/C19H20FNO3/c20-15-5-3-13(4-6-15)18-10-12(7-8-23-18)9-17(22)16-11-19(24-21-16)14-1-2-14/h3-6,11-12,14,18H,1-2,7-10H2. The van der Waals surface area contributed by atoms with Gasteiger partial charge in [-0.2, -0.15) is 0 Å². The molecule has 0 bridgehead atoms. The lowest BCUT2D eigenvalue weighted by molar-refractivity contribution is -0.0109. The number of hydrogen-bond donors (Lipinski definition) is 0. The minimum Gasteiger partial charge on any atom is -0.374 e. The summed E-state index contributed by atoms with van der Waals surface area (Å²) < 4.78 is 24.1. The van der Waals surface area contributed by atoms with E-state index < -0.39 is 0 Å². The summed E-state index contributed by atoms with van der Waals surface area (Å²) in [5.41, 5.74) is 1.41. The number of carbonyl (C=O) groups is 1. The van der Waals surface area contributed by atoms with E-state index in [1.54, 1.807) is 18.2 Å². The van der Waals surface area contributed by atoms with Crippen molar-refractivity contribution >= 4 is 5.78 Å². The van der Waals surface area contributed by atoms with Gasteiger partial charge < -0.3 is 9.26 Å². The van der Waals surface area contributed by atoms with Crippen LogP contribution < -0.4 is 0 Å². The fourth-order valence-corrected chi connectivity index (χ4v) is 3.31. The summed E-state index contributed by atoms with van der Waals surface area (Å²) in [5, 5.41) is 3.93. The summed E-state index contributed by atoms with van der Waals surface area (Å²) in [5.74, 6) is 1.34. The van der Waals surface area contributed by atoms with E-state index in [0.717, 1.165) is 37.0 Å². The summed E-state index contributed by atoms with van der Waals surface area (Å²) in [6.45, 7) is 0.617. The smallest absolute Gasteiger partial charge is 0.185 e. The van der Waals surface area contributed by atoms with Crippen LogP contribution in [0.4, 0.5) is 4.39 Å². The Morgan fingerprint density at radius 3 is 2.75 bits per heavy atom. The number of ether oxygens (including phenoxy) is 1. The Bertz CT molecular complexity index is 720. The van der Waals surface area contributed by atoms with Crippen molar-refractivity contribution in [1.82, 2.24) is 5.16 Å². The van der Waals surface area contributed by atoms with Crippen molar-refractivity contribution in [3.05, 3.63) is 53.2 Å². The average molecular weight is 329 g/mol. The number of carbonyl (C=O) groups excluding carboxylic acids is 1. The molecule has 0 amide bonds. The van der Waals surface area contributed by atoms with Gasteiger partial charge >= 0.3 is 0 Å². The lowest BCUT2D eigenvalue weighted by Crippen LogP contribution is -2.22. The van der Waals surface area contributed by atoms with Crippen molar-refractivity contribution in [1.29, 1.82) is 0 Å². The van der Waals surface area contributed by atoms with E-state index in [1.807, 2.05) is 0 Å². The summed E-state index contributed by atoms with van der Waals surface area (Å²) in [6, 6.07) is 8.20. The Kier molecular flexibility index (Phi) is 4.19. The first-order valence-corrected chi connectivity index (χ1v) is 8.56. The van der Waals surface area contributed by atoms with Crippen molar-refractivity contribution in [2.45, 2.75) is 44.1 Å². The number of ketones is 1. The molecule has 0 radical (unpaired) electrons. The molecule has 24 heavy (non-hydrogen) atoms. The summed E-state index contributed by atoms with van der Waals surface area (Å²) in [6.07, 6.45) is 4.26. The number of hydrogen-bond acceptors (Lipinski definition) is 4. The molecule has 0 spiro atoms. The first-order chi connectivity index (χ1) is 11.7. The van der Waals surface area contributed by atoms with E-state index >= 15 is 0 Å². The first kappa shape index (κ1) is 15.5. The fraction of sp³-hybridized carbons (Fsp3) is 0.474. The van der Waals surface area contributed by atoms with Gasteiger partial charge in [0.25, 0.3) is 0 Å². The zero-order valence-electron chi connectivity index (χ0n) is 13.4. The van der Waals surface area contributed by atoms with E-state index in [2.05, 4.69) is 5.16 Å². The van der Waals surface area contributed by atoms with E-state index in [4.69, 9.17) is 9.26 Å². The van der Waals surface area contributed by atoms with E-state index in [1.165, 1.54) is 12.1 Å². The molecule has 4 rings (SSSR count). The molecule has 1 saturated carbocycles. The maximum absolute atomic E-state index is 13.1. The predicted octanol–water partition coefficient (Wildman–Crippen LogP) is 4.43. The average Bonchev–Trinajstić information content (AvgIpc) is 3.32. The molecule has 1 aromatic heterocycles. The van der Waals surface area contributed by atoms with Crippen molar-refractivity contribution < 1.29 is 18.4 Å². The SMILES string of the molecule is O=C(CC1CCOC(c2ccc(F)cc2)C1)c1cc(C2CC2)on1. The number of halogens is 1. The van der Waals surface area contributed by atoms with Gasteiger partial charge in [-0.25, -0.2) is 4.39 Å². The van der Waals surface area contributed by atoms with Crippen LogP contribution in [0.15, 0.2) is 34.9 Å². The number of rotatable bonds is 5. The molecule has 2 aromatic rings. The lowest BCUT2D eigenvalue weighted by Gasteiger charge is -2.29. The molecule has 2 unspecified atom stereocenters. The van der Waals surface area contributed by atoms with Crippen LogP contribution in [0.5, 0.6) is 0 Å². The monoisotopic (exact) mass is 329 g/mol. The maximum Gasteiger partial charge on any atom is 0.185 e. The minimum absolute atomic E-state index is 0.0374. The minimum atomic E-state index is -0.251. The second-order valence-corrected chi connectivity index (χ2v) is 6.82. The van der Waals surface area contributed by atoms with Crippen LogP contribution >= 0.6 is 0 Å². The predicted molar refractivity (Wildman–Crippen MR) is 85.2 cm³/mol. The van der Waals surface area contributed by atoms with Crippen molar-refractivity contribution in [2.24, 2.45) is 5.92 Å². The van der Waals surface area contributed by atoms with Gasteiger partial charge in [0.2, 0.25) is 0 Å². The normalized spacial score (nSPS) is 24.0. The molecular formula is C19H20FNO3. The van der Waals surface area contributed by atoms with Crippen LogP contribution in [0.2, 0.25) is 0 Å².